The summed E-state index contributed by atoms with van der Waals surface area (Å²) >= 11 is 0. The van der Waals surface area contributed by atoms with Gasteiger partial charge in [-0.3, -0.25) is 0 Å². The van der Waals surface area contributed by atoms with Crippen LogP contribution in [0.15, 0.2) is 48.5 Å². The van der Waals surface area contributed by atoms with E-state index in [0.29, 0.717) is 13.2 Å². The van der Waals surface area contributed by atoms with Crippen molar-refractivity contribution in [1.82, 2.24) is 0 Å². The van der Waals surface area contributed by atoms with Gasteiger partial charge in [0.2, 0.25) is 0 Å². The topological polar surface area (TPSA) is 9.23 Å². The number of rotatable bonds is 4. The molecule has 2 aromatic rings. The van der Waals surface area contributed by atoms with Gasteiger partial charge in [0, 0.05) is 0 Å². The lowest BCUT2D eigenvalue weighted by atomic mass is 10.1. The Kier molecular flexibility index (Phi) is 3.94. The van der Waals surface area contributed by atoms with E-state index in [1.165, 1.54) is 22.3 Å². The summed E-state index contributed by atoms with van der Waals surface area (Å²) in [5.74, 6) is 0. The lowest BCUT2D eigenvalue weighted by Crippen LogP contribution is -1.94. The molecule has 0 aliphatic rings. The monoisotopic (exact) mass is 226 g/mol. The lowest BCUT2D eigenvalue weighted by molar-refractivity contribution is 0.107. The molecule has 0 aliphatic heterocycles. The second-order valence-electron chi connectivity index (χ2n) is 4.47. The Bertz CT molecular complexity index is 443. The molecule has 0 saturated heterocycles. The van der Waals surface area contributed by atoms with Gasteiger partial charge >= 0.3 is 0 Å². The molecular formula is C16H18O. The Morgan fingerprint density at radius 2 is 1.24 bits per heavy atom. The van der Waals surface area contributed by atoms with E-state index in [9.17, 15) is 0 Å². The van der Waals surface area contributed by atoms with E-state index < -0.39 is 0 Å². The van der Waals surface area contributed by atoms with E-state index in [0.717, 1.165) is 0 Å². The molecule has 0 bridgehead atoms. The molecule has 0 saturated carbocycles. The molecule has 0 spiro atoms. The van der Waals surface area contributed by atoms with Crippen molar-refractivity contribution in [3.05, 3.63) is 70.8 Å². The molecule has 88 valence electrons. The zero-order valence-corrected chi connectivity index (χ0v) is 10.4. The Balaban J connectivity index is 1.87. The van der Waals surface area contributed by atoms with Crippen LogP contribution in [0.1, 0.15) is 22.3 Å². The normalized spacial score (nSPS) is 10.5. The molecular weight excluding hydrogens is 208 g/mol. The van der Waals surface area contributed by atoms with Crippen molar-refractivity contribution in [2.75, 3.05) is 0 Å². The predicted octanol–water partition coefficient (Wildman–Crippen LogP) is 4.02. The van der Waals surface area contributed by atoms with Crippen LogP contribution in [-0.2, 0) is 18.0 Å². The summed E-state index contributed by atoms with van der Waals surface area (Å²) in [6.45, 7) is 5.55. The Morgan fingerprint density at radius 3 is 1.65 bits per heavy atom. The Morgan fingerprint density at radius 1 is 0.765 bits per heavy atom. The molecule has 1 nitrogen and oxygen atoms in total. The molecule has 2 rings (SSSR count). The van der Waals surface area contributed by atoms with Crippen LogP contribution in [0.4, 0.5) is 0 Å². The van der Waals surface area contributed by atoms with Crippen LogP contribution in [0.5, 0.6) is 0 Å². The number of ether oxygens (including phenoxy) is 1. The highest BCUT2D eigenvalue weighted by Gasteiger charge is 1.96. The third-order valence-corrected chi connectivity index (χ3v) is 2.70. The van der Waals surface area contributed by atoms with E-state index in [-0.39, 0.29) is 0 Å². The van der Waals surface area contributed by atoms with Crippen molar-refractivity contribution in [2.45, 2.75) is 27.1 Å². The van der Waals surface area contributed by atoms with Gasteiger partial charge in [0.1, 0.15) is 0 Å². The SMILES string of the molecule is Cc1cccc(COCc2cccc(C)c2)c1. The summed E-state index contributed by atoms with van der Waals surface area (Å²) in [6.07, 6.45) is 0. The summed E-state index contributed by atoms with van der Waals surface area (Å²) in [5, 5.41) is 0. The van der Waals surface area contributed by atoms with Crippen LogP contribution < -0.4 is 0 Å². The van der Waals surface area contributed by atoms with Crippen molar-refractivity contribution in [3.63, 3.8) is 0 Å². The van der Waals surface area contributed by atoms with Crippen molar-refractivity contribution < 1.29 is 4.74 Å². The predicted molar refractivity (Wildman–Crippen MR) is 70.9 cm³/mol. The molecule has 17 heavy (non-hydrogen) atoms. The van der Waals surface area contributed by atoms with Crippen molar-refractivity contribution in [3.8, 4) is 0 Å². The quantitative estimate of drug-likeness (QED) is 0.765. The van der Waals surface area contributed by atoms with Crippen molar-refractivity contribution in [2.24, 2.45) is 0 Å². The molecule has 1 heteroatoms. The molecule has 0 heterocycles. The maximum Gasteiger partial charge on any atom is 0.0721 e. The van der Waals surface area contributed by atoms with E-state index in [2.05, 4.69) is 62.4 Å². The Labute approximate surface area is 103 Å². The van der Waals surface area contributed by atoms with Gasteiger partial charge in [-0.25, -0.2) is 0 Å². The molecule has 0 radical (unpaired) electrons. The second kappa shape index (κ2) is 5.65. The fraction of sp³-hybridized carbons (Fsp3) is 0.250. The number of hydrogen-bond donors (Lipinski definition) is 0. The van der Waals surface area contributed by atoms with Gasteiger partial charge in [0.05, 0.1) is 13.2 Å². The third kappa shape index (κ3) is 3.72. The first-order chi connectivity index (χ1) is 8.24. The van der Waals surface area contributed by atoms with Crippen molar-refractivity contribution in [1.29, 1.82) is 0 Å². The molecule has 0 unspecified atom stereocenters. The number of hydrogen-bond acceptors (Lipinski definition) is 1. The van der Waals surface area contributed by atoms with Crippen LogP contribution in [-0.4, -0.2) is 0 Å². The molecule has 2 aromatic carbocycles. The first-order valence-electron chi connectivity index (χ1n) is 5.93. The minimum atomic E-state index is 0.676. The van der Waals surface area contributed by atoms with Crippen LogP contribution in [0.25, 0.3) is 0 Å². The molecule has 0 atom stereocenters. The number of aryl methyl sites for hydroxylation is 2. The van der Waals surface area contributed by atoms with E-state index in [4.69, 9.17) is 4.74 Å². The molecule has 0 fully saturated rings. The largest absolute Gasteiger partial charge is 0.372 e. The summed E-state index contributed by atoms with van der Waals surface area (Å²) < 4.78 is 5.72. The summed E-state index contributed by atoms with van der Waals surface area (Å²) in [7, 11) is 0. The highest BCUT2D eigenvalue weighted by molar-refractivity contribution is 5.22. The first-order valence-corrected chi connectivity index (χ1v) is 5.93. The van der Waals surface area contributed by atoms with Crippen molar-refractivity contribution >= 4 is 0 Å². The summed E-state index contributed by atoms with van der Waals surface area (Å²) in [6, 6.07) is 16.9. The maximum absolute atomic E-state index is 5.72. The minimum absolute atomic E-state index is 0.676. The fourth-order valence-electron chi connectivity index (χ4n) is 1.89. The van der Waals surface area contributed by atoms with Crippen LogP contribution in [0.2, 0.25) is 0 Å². The molecule has 0 aliphatic carbocycles. The van der Waals surface area contributed by atoms with Crippen LogP contribution >= 0.6 is 0 Å². The van der Waals surface area contributed by atoms with Gasteiger partial charge in [-0.1, -0.05) is 59.7 Å². The minimum Gasteiger partial charge on any atom is -0.372 e. The smallest absolute Gasteiger partial charge is 0.0721 e. The average molecular weight is 226 g/mol. The standard InChI is InChI=1S/C16H18O/c1-13-5-3-7-15(9-13)11-17-12-16-8-4-6-14(2)10-16/h3-10H,11-12H2,1-2H3. The van der Waals surface area contributed by atoms with Gasteiger partial charge in [0.25, 0.3) is 0 Å². The maximum atomic E-state index is 5.72. The highest BCUT2D eigenvalue weighted by Crippen LogP contribution is 2.09. The molecule has 0 aromatic heterocycles. The van der Waals surface area contributed by atoms with Gasteiger partial charge < -0.3 is 4.74 Å². The lowest BCUT2D eigenvalue weighted by Gasteiger charge is -2.06. The number of benzene rings is 2. The Hall–Kier alpha value is -1.60. The van der Waals surface area contributed by atoms with Gasteiger partial charge in [0.15, 0.2) is 0 Å². The summed E-state index contributed by atoms with van der Waals surface area (Å²) in [4.78, 5) is 0. The van der Waals surface area contributed by atoms with Gasteiger partial charge in [-0.2, -0.15) is 0 Å². The van der Waals surface area contributed by atoms with E-state index in [1.807, 2.05) is 0 Å². The van der Waals surface area contributed by atoms with E-state index in [1.54, 1.807) is 0 Å². The summed E-state index contributed by atoms with van der Waals surface area (Å²) in [5.41, 5.74) is 5.03. The van der Waals surface area contributed by atoms with Gasteiger partial charge in [-0.15, -0.1) is 0 Å². The second-order valence-corrected chi connectivity index (χ2v) is 4.47. The molecule has 0 amide bonds. The van der Waals surface area contributed by atoms with Crippen LogP contribution in [0.3, 0.4) is 0 Å². The van der Waals surface area contributed by atoms with Gasteiger partial charge in [-0.05, 0) is 25.0 Å². The van der Waals surface area contributed by atoms with Crippen LogP contribution in [0, 0.1) is 13.8 Å². The molecule has 0 N–H and O–H groups in total. The fourth-order valence-corrected chi connectivity index (χ4v) is 1.89. The average Bonchev–Trinajstić information content (AvgIpc) is 2.29. The first kappa shape index (κ1) is 11.9. The zero-order valence-electron chi connectivity index (χ0n) is 10.4. The third-order valence-electron chi connectivity index (χ3n) is 2.70. The zero-order chi connectivity index (χ0) is 12.1. The van der Waals surface area contributed by atoms with E-state index >= 15 is 0 Å². The highest BCUT2D eigenvalue weighted by atomic mass is 16.5.